The highest BCUT2D eigenvalue weighted by Gasteiger charge is 2.35. The molecule has 0 aliphatic carbocycles. The lowest BCUT2D eigenvalue weighted by molar-refractivity contribution is -0.137. The fraction of sp³-hybridized carbons (Fsp3) is 0.714. The van der Waals surface area contributed by atoms with Gasteiger partial charge in [-0.2, -0.15) is 0 Å². The van der Waals surface area contributed by atoms with Crippen LogP contribution >= 0.6 is 0 Å². The van der Waals surface area contributed by atoms with Crippen LogP contribution in [0.15, 0.2) is 24.3 Å². The quantitative estimate of drug-likeness (QED) is 0.0430. The van der Waals surface area contributed by atoms with Crippen molar-refractivity contribution < 1.29 is 48.6 Å². The maximum atomic E-state index is 13.9. The largest absolute Gasteiger partial charge is 0.508 e. The van der Waals surface area contributed by atoms with Crippen molar-refractivity contribution in [2.75, 3.05) is 19.6 Å². The van der Waals surface area contributed by atoms with Crippen molar-refractivity contribution in [3.8, 4) is 5.75 Å². The van der Waals surface area contributed by atoms with E-state index in [2.05, 4.69) is 44.1 Å². The summed E-state index contributed by atoms with van der Waals surface area (Å²) in [5, 5.41) is 38.6. The van der Waals surface area contributed by atoms with E-state index >= 15 is 0 Å². The Morgan fingerprint density at radius 1 is 0.574 bits per heavy atom. The molecule has 0 bridgehead atoms. The SMILES string of the molecule is CCCCCCCCCCCCCC(=O)NCC(=O)N[C@H](C(=O)N[C@@H](CC(C)C)C(=O)N[C@H](C(=O)N[C@@H](Cc1ccc(O)cc1)C(=O)NCC(=O)N[C@@H](CCCCN)C(N)=O)[C@@H](C)O)[C@@H](C)CC. The molecule has 8 amide bonds. The highest BCUT2D eigenvalue weighted by atomic mass is 16.3. The molecule has 0 saturated carbocycles. The molecule has 386 valence electrons. The van der Waals surface area contributed by atoms with E-state index < -0.39 is 84.2 Å². The highest BCUT2D eigenvalue weighted by molar-refractivity contribution is 5.97. The molecule has 1 rings (SSSR count). The van der Waals surface area contributed by atoms with Gasteiger partial charge in [0, 0.05) is 12.8 Å². The molecule has 19 heteroatoms. The van der Waals surface area contributed by atoms with Crippen LogP contribution in [0.5, 0.6) is 5.75 Å². The molecule has 0 saturated heterocycles. The molecular formula is C49H85N9O10. The van der Waals surface area contributed by atoms with Crippen LogP contribution in [-0.4, -0.2) is 113 Å². The summed E-state index contributed by atoms with van der Waals surface area (Å²) in [6.07, 6.45) is 13.3. The number of phenolic OH excluding ortho intramolecular Hbond substituents is 1. The number of unbranched alkanes of at least 4 members (excludes halogenated alkanes) is 11. The molecule has 68 heavy (non-hydrogen) atoms. The van der Waals surface area contributed by atoms with Crippen LogP contribution in [0.25, 0.3) is 0 Å². The van der Waals surface area contributed by atoms with Crippen molar-refractivity contribution in [2.24, 2.45) is 23.3 Å². The van der Waals surface area contributed by atoms with Gasteiger partial charge in [0.25, 0.3) is 0 Å². The molecule has 0 spiro atoms. The van der Waals surface area contributed by atoms with E-state index in [1.807, 2.05) is 20.8 Å². The van der Waals surface area contributed by atoms with Crippen LogP contribution in [0.2, 0.25) is 0 Å². The number of carbonyl (C=O) groups is 8. The smallest absolute Gasteiger partial charge is 0.245 e. The van der Waals surface area contributed by atoms with Crippen molar-refractivity contribution >= 4 is 47.3 Å². The number of amides is 8. The van der Waals surface area contributed by atoms with Gasteiger partial charge in [0.1, 0.15) is 36.0 Å². The van der Waals surface area contributed by atoms with E-state index in [1.54, 1.807) is 6.92 Å². The summed E-state index contributed by atoms with van der Waals surface area (Å²) < 4.78 is 0. The normalized spacial score (nSPS) is 14.2. The van der Waals surface area contributed by atoms with Gasteiger partial charge >= 0.3 is 0 Å². The van der Waals surface area contributed by atoms with Crippen LogP contribution in [0.1, 0.15) is 156 Å². The maximum absolute atomic E-state index is 13.9. The molecule has 0 aliphatic rings. The van der Waals surface area contributed by atoms with E-state index in [0.29, 0.717) is 44.2 Å². The van der Waals surface area contributed by atoms with Crippen molar-refractivity contribution in [1.29, 1.82) is 0 Å². The lowest BCUT2D eigenvalue weighted by atomic mass is 9.96. The number of benzene rings is 1. The summed E-state index contributed by atoms with van der Waals surface area (Å²) in [6.45, 7) is 10.2. The first-order chi connectivity index (χ1) is 32.3. The minimum Gasteiger partial charge on any atom is -0.508 e. The van der Waals surface area contributed by atoms with Gasteiger partial charge in [-0.1, -0.05) is 117 Å². The fourth-order valence-corrected chi connectivity index (χ4v) is 7.42. The van der Waals surface area contributed by atoms with Gasteiger partial charge in [0.2, 0.25) is 47.3 Å². The topological polar surface area (TPSA) is 313 Å². The van der Waals surface area contributed by atoms with Crippen LogP contribution in [0, 0.1) is 11.8 Å². The predicted molar refractivity (Wildman–Crippen MR) is 261 cm³/mol. The van der Waals surface area contributed by atoms with Gasteiger partial charge in [0.15, 0.2) is 0 Å². The van der Waals surface area contributed by atoms with Gasteiger partial charge in [-0.05, 0) is 75.1 Å². The third kappa shape index (κ3) is 26.3. The minimum atomic E-state index is -1.63. The third-order valence-corrected chi connectivity index (χ3v) is 11.7. The Kier molecular flexibility index (Phi) is 31.2. The molecule has 0 heterocycles. The Morgan fingerprint density at radius 2 is 1.12 bits per heavy atom. The molecule has 0 unspecified atom stereocenters. The Balaban J connectivity index is 3.00. The monoisotopic (exact) mass is 960 g/mol. The number of phenols is 1. The first-order valence-electron chi connectivity index (χ1n) is 24.8. The van der Waals surface area contributed by atoms with E-state index in [9.17, 15) is 48.6 Å². The fourth-order valence-electron chi connectivity index (χ4n) is 7.42. The number of nitrogens with two attached hydrogens (primary N) is 2. The first kappa shape index (κ1) is 60.7. The van der Waals surface area contributed by atoms with Gasteiger partial charge in [-0.15, -0.1) is 0 Å². The van der Waals surface area contributed by atoms with Gasteiger partial charge < -0.3 is 58.9 Å². The second-order valence-electron chi connectivity index (χ2n) is 18.4. The summed E-state index contributed by atoms with van der Waals surface area (Å²) in [5.41, 5.74) is 11.5. The van der Waals surface area contributed by atoms with Gasteiger partial charge in [0.05, 0.1) is 19.2 Å². The molecule has 0 aromatic heterocycles. The van der Waals surface area contributed by atoms with E-state index in [-0.39, 0.29) is 49.3 Å². The Morgan fingerprint density at radius 3 is 1.66 bits per heavy atom. The molecule has 13 N–H and O–H groups in total. The lowest BCUT2D eigenvalue weighted by Crippen LogP contribution is -2.61. The van der Waals surface area contributed by atoms with E-state index in [1.165, 1.54) is 76.1 Å². The molecule has 7 atom stereocenters. The zero-order valence-corrected chi connectivity index (χ0v) is 41.6. The number of carbonyl (C=O) groups excluding carboxylic acids is 8. The number of hydrogen-bond acceptors (Lipinski definition) is 11. The molecule has 1 aromatic rings. The Hall–Kier alpha value is -5.30. The number of aliphatic hydroxyl groups is 1. The van der Waals surface area contributed by atoms with Gasteiger partial charge in [-0.3, -0.25) is 38.4 Å². The summed E-state index contributed by atoms with van der Waals surface area (Å²) in [5.74, 6) is -6.13. The third-order valence-electron chi connectivity index (χ3n) is 11.7. The van der Waals surface area contributed by atoms with Crippen LogP contribution in [0.3, 0.4) is 0 Å². The van der Waals surface area contributed by atoms with Crippen molar-refractivity contribution in [3.63, 3.8) is 0 Å². The second kappa shape index (κ2) is 34.9. The van der Waals surface area contributed by atoms with E-state index in [0.717, 1.165) is 19.3 Å². The summed E-state index contributed by atoms with van der Waals surface area (Å²) in [7, 11) is 0. The molecule has 0 aliphatic heterocycles. The molecule has 0 radical (unpaired) electrons. The number of hydrogen-bond donors (Lipinski definition) is 11. The van der Waals surface area contributed by atoms with Crippen molar-refractivity contribution in [2.45, 2.75) is 193 Å². The second-order valence-corrected chi connectivity index (χ2v) is 18.4. The zero-order valence-electron chi connectivity index (χ0n) is 41.6. The van der Waals surface area contributed by atoms with Crippen LogP contribution < -0.4 is 48.7 Å². The standard InChI is InChI=1S/C49H85N9O10/c1-7-9-10-11-12-13-14-15-16-17-18-22-40(61)52-30-42(63)57-43(33(5)8-2)48(67)55-38(28-32(3)4)47(66)58-44(34(6)59)49(68)56-39(29-35-23-25-36(60)26-24-35)46(65)53-31-41(62)54-37(45(51)64)21-19-20-27-50/h23-26,32-34,37-39,43-44,59-60H,7-22,27-31,50H2,1-6H3,(H2,51,64)(H,52,61)(H,53,65)(H,54,62)(H,55,67)(H,56,68)(H,57,63)(H,58,66)/t33-,34+,37-,38-,39-,43-,44-/m0/s1. The van der Waals surface area contributed by atoms with Crippen molar-refractivity contribution in [1.82, 2.24) is 37.2 Å². The Labute approximate surface area is 404 Å². The number of aliphatic hydroxyl groups excluding tert-OH is 1. The van der Waals surface area contributed by atoms with Gasteiger partial charge in [-0.25, -0.2) is 0 Å². The molecule has 19 nitrogen and oxygen atoms in total. The molecule has 1 aromatic carbocycles. The summed E-state index contributed by atoms with van der Waals surface area (Å²) in [6, 6.07) is -0.485. The van der Waals surface area contributed by atoms with Crippen LogP contribution in [-0.2, 0) is 44.8 Å². The Bertz CT molecular complexity index is 1690. The summed E-state index contributed by atoms with van der Waals surface area (Å²) in [4.78, 5) is 105. The average Bonchev–Trinajstić information content (AvgIpc) is 3.29. The highest BCUT2D eigenvalue weighted by Crippen LogP contribution is 2.15. The van der Waals surface area contributed by atoms with Crippen LogP contribution in [0.4, 0.5) is 0 Å². The zero-order chi connectivity index (χ0) is 51.0. The summed E-state index contributed by atoms with van der Waals surface area (Å²) >= 11 is 0. The van der Waals surface area contributed by atoms with E-state index in [4.69, 9.17) is 11.5 Å². The first-order valence-corrected chi connectivity index (χ1v) is 24.8. The molecular weight excluding hydrogens is 875 g/mol. The number of nitrogens with one attached hydrogen (secondary N) is 7. The number of primary amides is 1. The molecule has 0 fully saturated rings. The lowest BCUT2D eigenvalue weighted by Gasteiger charge is -2.29. The predicted octanol–water partition coefficient (Wildman–Crippen LogP) is 2.38. The number of rotatable bonds is 37. The minimum absolute atomic E-state index is 0.0441. The van der Waals surface area contributed by atoms with Crippen molar-refractivity contribution in [3.05, 3.63) is 29.8 Å². The number of aromatic hydroxyl groups is 1. The maximum Gasteiger partial charge on any atom is 0.245 e. The average molecular weight is 960 g/mol.